The van der Waals surface area contributed by atoms with Crippen molar-refractivity contribution in [3.63, 3.8) is 0 Å². The van der Waals surface area contributed by atoms with Crippen molar-refractivity contribution in [2.75, 3.05) is 0 Å². The molecule has 14 heavy (non-hydrogen) atoms. The van der Waals surface area contributed by atoms with Gasteiger partial charge in [0.2, 0.25) is 5.28 Å². The minimum absolute atomic E-state index is 0.147. The summed E-state index contributed by atoms with van der Waals surface area (Å²) in [7, 11) is 0. The second-order valence-corrected chi connectivity index (χ2v) is 4.01. The van der Waals surface area contributed by atoms with Gasteiger partial charge < -0.3 is 4.74 Å². The molecule has 0 aromatic carbocycles. The summed E-state index contributed by atoms with van der Waals surface area (Å²) in [6, 6.07) is 0. The van der Waals surface area contributed by atoms with Crippen molar-refractivity contribution < 1.29 is 4.74 Å². The van der Waals surface area contributed by atoms with Crippen LogP contribution in [-0.2, 0) is 0 Å². The van der Waals surface area contributed by atoms with E-state index in [2.05, 4.69) is 9.97 Å². The van der Waals surface area contributed by atoms with Crippen LogP contribution in [0, 0.1) is 0 Å². The van der Waals surface area contributed by atoms with Crippen LogP contribution < -0.4 is 4.74 Å². The highest BCUT2D eigenvalue weighted by atomic mass is 35.5. The van der Waals surface area contributed by atoms with Crippen molar-refractivity contribution in [3.8, 4) is 5.75 Å². The first-order valence-corrected chi connectivity index (χ1v) is 5.36. The molecule has 0 N–H and O–H groups in total. The van der Waals surface area contributed by atoms with E-state index in [4.69, 9.17) is 27.9 Å². The van der Waals surface area contributed by atoms with Gasteiger partial charge in [0.1, 0.15) is 0 Å². The Hall–Kier alpha value is -0.540. The number of rotatable bonds is 2. The van der Waals surface area contributed by atoms with Crippen molar-refractivity contribution in [1.82, 2.24) is 9.97 Å². The SMILES string of the molecule is Clc1ncc(OC2CCCC2)c(Cl)n1. The molecule has 1 aliphatic rings. The van der Waals surface area contributed by atoms with E-state index >= 15 is 0 Å². The first-order chi connectivity index (χ1) is 6.75. The molecule has 0 radical (unpaired) electrons. The van der Waals surface area contributed by atoms with Gasteiger partial charge in [0, 0.05) is 0 Å². The van der Waals surface area contributed by atoms with Gasteiger partial charge in [0.15, 0.2) is 10.9 Å². The fraction of sp³-hybridized carbons (Fsp3) is 0.556. The third kappa shape index (κ3) is 2.28. The number of halogens is 2. The standard InChI is InChI=1S/C9H10Cl2N2O/c10-8-7(5-12-9(11)13-8)14-6-3-1-2-4-6/h5-6H,1-4H2. The average molecular weight is 233 g/mol. The zero-order valence-electron chi connectivity index (χ0n) is 7.54. The Morgan fingerprint density at radius 3 is 2.64 bits per heavy atom. The van der Waals surface area contributed by atoms with Crippen molar-refractivity contribution in [2.45, 2.75) is 31.8 Å². The predicted molar refractivity (Wildman–Crippen MR) is 54.9 cm³/mol. The molecule has 0 aliphatic heterocycles. The van der Waals surface area contributed by atoms with Gasteiger partial charge in [-0.3, -0.25) is 0 Å². The fourth-order valence-corrected chi connectivity index (χ4v) is 1.94. The summed E-state index contributed by atoms with van der Waals surface area (Å²) in [5, 5.41) is 0.436. The largest absolute Gasteiger partial charge is 0.486 e. The summed E-state index contributed by atoms with van der Waals surface area (Å²) >= 11 is 11.4. The van der Waals surface area contributed by atoms with Gasteiger partial charge in [-0.15, -0.1) is 0 Å². The molecule has 1 aromatic rings. The lowest BCUT2D eigenvalue weighted by molar-refractivity contribution is 0.208. The van der Waals surface area contributed by atoms with Crippen molar-refractivity contribution in [2.24, 2.45) is 0 Å². The minimum Gasteiger partial charge on any atom is -0.486 e. The monoisotopic (exact) mass is 232 g/mol. The van der Waals surface area contributed by atoms with Crippen LogP contribution in [0.1, 0.15) is 25.7 Å². The molecule has 0 saturated heterocycles. The van der Waals surface area contributed by atoms with Gasteiger partial charge in [0.25, 0.3) is 0 Å². The quantitative estimate of drug-likeness (QED) is 0.581. The van der Waals surface area contributed by atoms with Crippen LogP contribution in [0.25, 0.3) is 0 Å². The van der Waals surface area contributed by atoms with Crippen LogP contribution >= 0.6 is 23.2 Å². The topological polar surface area (TPSA) is 35.0 Å². The predicted octanol–water partition coefficient (Wildman–Crippen LogP) is 3.10. The molecule has 1 heterocycles. The van der Waals surface area contributed by atoms with E-state index in [1.807, 2.05) is 0 Å². The number of nitrogens with zero attached hydrogens (tertiary/aromatic N) is 2. The number of ether oxygens (including phenoxy) is 1. The van der Waals surface area contributed by atoms with Gasteiger partial charge in [0.05, 0.1) is 12.3 Å². The number of hydrogen-bond acceptors (Lipinski definition) is 3. The van der Waals surface area contributed by atoms with Gasteiger partial charge in [-0.2, -0.15) is 0 Å². The van der Waals surface area contributed by atoms with Gasteiger partial charge in [-0.05, 0) is 37.3 Å². The third-order valence-corrected chi connectivity index (χ3v) is 2.73. The Morgan fingerprint density at radius 1 is 1.29 bits per heavy atom. The van der Waals surface area contributed by atoms with Crippen molar-refractivity contribution >= 4 is 23.2 Å². The fourth-order valence-electron chi connectivity index (χ4n) is 1.59. The van der Waals surface area contributed by atoms with E-state index < -0.39 is 0 Å². The van der Waals surface area contributed by atoms with E-state index in [1.165, 1.54) is 19.0 Å². The van der Waals surface area contributed by atoms with Crippen LogP contribution in [0.15, 0.2) is 6.20 Å². The lowest BCUT2D eigenvalue weighted by atomic mass is 10.3. The third-order valence-electron chi connectivity index (χ3n) is 2.28. The molecule has 1 saturated carbocycles. The van der Waals surface area contributed by atoms with Crippen LogP contribution in [0.5, 0.6) is 5.75 Å². The highest BCUT2D eigenvalue weighted by Crippen LogP contribution is 2.28. The minimum atomic E-state index is 0.147. The second-order valence-electron chi connectivity index (χ2n) is 3.32. The molecule has 2 rings (SSSR count). The average Bonchev–Trinajstić information content (AvgIpc) is 2.62. The molecule has 0 unspecified atom stereocenters. The molecule has 5 heteroatoms. The molecule has 76 valence electrons. The van der Waals surface area contributed by atoms with E-state index in [0.717, 1.165) is 12.8 Å². The first-order valence-electron chi connectivity index (χ1n) is 4.60. The summed E-state index contributed by atoms with van der Waals surface area (Å²) in [5.41, 5.74) is 0. The number of aromatic nitrogens is 2. The maximum Gasteiger partial charge on any atom is 0.224 e. The van der Waals surface area contributed by atoms with Crippen LogP contribution in [0.2, 0.25) is 10.4 Å². The van der Waals surface area contributed by atoms with Gasteiger partial charge in [-0.25, -0.2) is 9.97 Å². The van der Waals surface area contributed by atoms with Crippen LogP contribution in [-0.4, -0.2) is 16.1 Å². The highest BCUT2D eigenvalue weighted by Gasteiger charge is 2.18. The Labute approximate surface area is 92.4 Å². The molecule has 1 fully saturated rings. The van der Waals surface area contributed by atoms with E-state index in [9.17, 15) is 0 Å². The Bertz CT molecular complexity index is 327. The summed E-state index contributed by atoms with van der Waals surface area (Å²) in [4.78, 5) is 7.64. The maximum absolute atomic E-state index is 5.85. The van der Waals surface area contributed by atoms with Crippen molar-refractivity contribution in [3.05, 3.63) is 16.6 Å². The Kier molecular flexibility index (Phi) is 3.08. The molecule has 1 aromatic heterocycles. The molecular weight excluding hydrogens is 223 g/mol. The second kappa shape index (κ2) is 4.32. The lowest BCUT2D eigenvalue weighted by Crippen LogP contribution is -2.11. The first kappa shape index (κ1) is 9.99. The molecule has 1 aliphatic carbocycles. The zero-order chi connectivity index (χ0) is 9.97. The highest BCUT2D eigenvalue weighted by molar-refractivity contribution is 6.32. The Balaban J connectivity index is 2.08. The van der Waals surface area contributed by atoms with Gasteiger partial charge in [-0.1, -0.05) is 11.6 Å². The molecule has 0 atom stereocenters. The summed E-state index contributed by atoms with van der Waals surface area (Å²) < 4.78 is 5.65. The molecule has 0 spiro atoms. The Morgan fingerprint density at radius 2 is 2.00 bits per heavy atom. The molecule has 3 nitrogen and oxygen atoms in total. The molecular formula is C9H10Cl2N2O. The normalized spacial score (nSPS) is 17.3. The summed E-state index contributed by atoms with van der Waals surface area (Å²) in [6.07, 6.45) is 6.39. The number of hydrogen-bond donors (Lipinski definition) is 0. The van der Waals surface area contributed by atoms with Crippen LogP contribution in [0.3, 0.4) is 0 Å². The van der Waals surface area contributed by atoms with E-state index in [1.54, 1.807) is 0 Å². The van der Waals surface area contributed by atoms with Gasteiger partial charge >= 0.3 is 0 Å². The summed E-state index contributed by atoms with van der Waals surface area (Å²) in [5.74, 6) is 0.531. The molecule has 0 bridgehead atoms. The zero-order valence-corrected chi connectivity index (χ0v) is 9.05. The van der Waals surface area contributed by atoms with Crippen molar-refractivity contribution in [1.29, 1.82) is 0 Å². The van der Waals surface area contributed by atoms with E-state index in [-0.39, 0.29) is 16.5 Å². The molecule has 0 amide bonds. The summed E-state index contributed by atoms with van der Waals surface area (Å²) in [6.45, 7) is 0. The smallest absolute Gasteiger partial charge is 0.224 e. The van der Waals surface area contributed by atoms with E-state index in [0.29, 0.717) is 5.75 Å². The maximum atomic E-state index is 5.85. The van der Waals surface area contributed by atoms with Crippen LogP contribution in [0.4, 0.5) is 0 Å². The lowest BCUT2D eigenvalue weighted by Gasteiger charge is -2.12.